The molecule has 0 radical (unpaired) electrons. The van der Waals surface area contributed by atoms with Crippen LogP contribution >= 0.6 is 23.1 Å². The standard InChI is InChI=1S/C13H19N5OS2/c1-10-15-16-13(18(10)5-4-14)21-9-12(19)17(2)7-11-3-6-20-8-11/h3,6,8H,4-5,7,9,14H2,1-2H3. The van der Waals surface area contributed by atoms with Crippen molar-refractivity contribution >= 4 is 29.0 Å². The zero-order chi connectivity index (χ0) is 15.2. The fourth-order valence-electron chi connectivity index (χ4n) is 1.84. The average molecular weight is 325 g/mol. The van der Waals surface area contributed by atoms with Crippen molar-refractivity contribution in [3.63, 3.8) is 0 Å². The lowest BCUT2D eigenvalue weighted by molar-refractivity contribution is -0.127. The quantitative estimate of drug-likeness (QED) is 0.778. The van der Waals surface area contributed by atoms with Crippen molar-refractivity contribution < 1.29 is 4.79 Å². The van der Waals surface area contributed by atoms with Crippen LogP contribution in [-0.4, -0.2) is 44.9 Å². The smallest absolute Gasteiger partial charge is 0.233 e. The first-order valence-electron chi connectivity index (χ1n) is 6.59. The molecule has 0 spiro atoms. The molecule has 6 nitrogen and oxygen atoms in total. The van der Waals surface area contributed by atoms with Gasteiger partial charge in [-0.2, -0.15) is 11.3 Å². The maximum absolute atomic E-state index is 12.1. The van der Waals surface area contributed by atoms with E-state index < -0.39 is 0 Å². The molecule has 0 saturated carbocycles. The van der Waals surface area contributed by atoms with Crippen LogP contribution in [0.2, 0.25) is 0 Å². The average Bonchev–Trinajstić information content (AvgIpc) is 3.08. The van der Waals surface area contributed by atoms with E-state index in [0.29, 0.717) is 25.4 Å². The van der Waals surface area contributed by atoms with Crippen LogP contribution in [0, 0.1) is 6.92 Å². The normalized spacial score (nSPS) is 10.8. The Morgan fingerprint density at radius 1 is 1.52 bits per heavy atom. The fourth-order valence-corrected chi connectivity index (χ4v) is 3.45. The van der Waals surface area contributed by atoms with Gasteiger partial charge in [0.25, 0.3) is 0 Å². The molecule has 2 aromatic heterocycles. The van der Waals surface area contributed by atoms with E-state index in [-0.39, 0.29) is 5.91 Å². The molecule has 2 N–H and O–H groups in total. The second kappa shape index (κ2) is 7.58. The van der Waals surface area contributed by atoms with Gasteiger partial charge >= 0.3 is 0 Å². The molecule has 1 amide bonds. The molecule has 2 aromatic rings. The number of nitrogens with two attached hydrogens (primary N) is 1. The number of thioether (sulfide) groups is 1. The molecule has 8 heteroatoms. The lowest BCUT2D eigenvalue weighted by Gasteiger charge is -2.16. The fraction of sp³-hybridized carbons (Fsp3) is 0.462. The lowest BCUT2D eigenvalue weighted by Crippen LogP contribution is -2.27. The molecule has 0 atom stereocenters. The summed E-state index contributed by atoms with van der Waals surface area (Å²) in [6, 6.07) is 2.03. The van der Waals surface area contributed by atoms with Gasteiger partial charge in [0.1, 0.15) is 5.82 Å². The summed E-state index contributed by atoms with van der Waals surface area (Å²) in [4.78, 5) is 13.9. The largest absolute Gasteiger partial charge is 0.341 e. The first kappa shape index (κ1) is 16.0. The number of carbonyl (C=O) groups is 1. The summed E-state index contributed by atoms with van der Waals surface area (Å²) in [6.07, 6.45) is 0. The maximum atomic E-state index is 12.1. The van der Waals surface area contributed by atoms with E-state index in [2.05, 4.69) is 15.6 Å². The molecule has 21 heavy (non-hydrogen) atoms. The topological polar surface area (TPSA) is 77.0 Å². The van der Waals surface area contributed by atoms with Crippen LogP contribution in [0.5, 0.6) is 0 Å². The second-order valence-corrected chi connectivity index (χ2v) is 6.36. The Morgan fingerprint density at radius 2 is 2.33 bits per heavy atom. The highest BCUT2D eigenvalue weighted by atomic mass is 32.2. The number of aromatic nitrogens is 3. The van der Waals surface area contributed by atoms with Gasteiger partial charge in [-0.1, -0.05) is 11.8 Å². The Bertz CT molecular complexity index is 581. The SMILES string of the molecule is Cc1nnc(SCC(=O)N(C)Cc2ccsc2)n1CCN. The van der Waals surface area contributed by atoms with E-state index >= 15 is 0 Å². The van der Waals surface area contributed by atoms with Crippen LogP contribution < -0.4 is 5.73 Å². The zero-order valence-electron chi connectivity index (χ0n) is 12.2. The second-order valence-electron chi connectivity index (χ2n) is 4.64. The molecular weight excluding hydrogens is 306 g/mol. The Morgan fingerprint density at radius 3 is 3.00 bits per heavy atom. The molecule has 0 fully saturated rings. The number of amides is 1. The molecule has 0 aliphatic carbocycles. The summed E-state index contributed by atoms with van der Waals surface area (Å²) in [5.74, 6) is 1.25. The van der Waals surface area contributed by atoms with Gasteiger partial charge in [0.15, 0.2) is 5.16 Å². The molecule has 0 aliphatic heterocycles. The number of thiophene rings is 1. The number of hydrogen-bond acceptors (Lipinski definition) is 6. The van der Waals surface area contributed by atoms with Crippen molar-refractivity contribution in [2.24, 2.45) is 5.73 Å². The molecule has 0 unspecified atom stereocenters. The third-order valence-electron chi connectivity index (χ3n) is 3.00. The van der Waals surface area contributed by atoms with Gasteiger partial charge in [-0.25, -0.2) is 0 Å². The molecule has 0 saturated heterocycles. The summed E-state index contributed by atoms with van der Waals surface area (Å²) < 4.78 is 1.94. The van der Waals surface area contributed by atoms with Gasteiger partial charge in [-0.3, -0.25) is 4.79 Å². The molecule has 2 heterocycles. The molecule has 2 rings (SSSR count). The summed E-state index contributed by atoms with van der Waals surface area (Å²) in [5.41, 5.74) is 6.73. The number of carbonyl (C=O) groups excluding carboxylic acids is 1. The monoisotopic (exact) mass is 325 g/mol. The van der Waals surface area contributed by atoms with Crippen molar-refractivity contribution in [3.05, 3.63) is 28.2 Å². The third-order valence-corrected chi connectivity index (χ3v) is 4.69. The Hall–Kier alpha value is -1.38. The maximum Gasteiger partial charge on any atom is 0.233 e. The molecular formula is C13H19N5OS2. The minimum Gasteiger partial charge on any atom is -0.341 e. The Balaban J connectivity index is 1.88. The predicted octanol–water partition coefficient (Wildman–Crippen LogP) is 1.36. The number of rotatable bonds is 7. The summed E-state index contributed by atoms with van der Waals surface area (Å²) >= 11 is 3.04. The van der Waals surface area contributed by atoms with Gasteiger partial charge in [0, 0.05) is 26.7 Å². The molecule has 0 aromatic carbocycles. The summed E-state index contributed by atoms with van der Waals surface area (Å²) in [6.45, 7) is 3.72. The van der Waals surface area contributed by atoms with Crippen molar-refractivity contribution in [2.45, 2.75) is 25.2 Å². The van der Waals surface area contributed by atoms with E-state index in [1.807, 2.05) is 30.0 Å². The van der Waals surface area contributed by atoms with Gasteiger partial charge in [0.2, 0.25) is 5.91 Å². The highest BCUT2D eigenvalue weighted by molar-refractivity contribution is 7.99. The Labute approximate surface area is 132 Å². The van der Waals surface area contributed by atoms with Crippen molar-refractivity contribution in [1.29, 1.82) is 0 Å². The number of aryl methyl sites for hydroxylation is 1. The van der Waals surface area contributed by atoms with E-state index in [9.17, 15) is 4.79 Å². The van der Waals surface area contributed by atoms with Crippen molar-refractivity contribution in [1.82, 2.24) is 19.7 Å². The molecule has 0 aliphatic rings. The van der Waals surface area contributed by atoms with E-state index in [1.165, 1.54) is 11.8 Å². The van der Waals surface area contributed by atoms with Crippen LogP contribution in [0.25, 0.3) is 0 Å². The highest BCUT2D eigenvalue weighted by Gasteiger charge is 2.14. The van der Waals surface area contributed by atoms with Crippen molar-refractivity contribution in [3.8, 4) is 0 Å². The van der Waals surface area contributed by atoms with Crippen LogP contribution in [0.4, 0.5) is 0 Å². The van der Waals surface area contributed by atoms with Crippen LogP contribution in [0.3, 0.4) is 0 Å². The number of hydrogen-bond donors (Lipinski definition) is 1. The van der Waals surface area contributed by atoms with E-state index in [1.54, 1.807) is 16.2 Å². The first-order chi connectivity index (χ1) is 10.1. The van der Waals surface area contributed by atoms with Gasteiger partial charge < -0.3 is 15.2 Å². The van der Waals surface area contributed by atoms with E-state index in [4.69, 9.17) is 5.73 Å². The summed E-state index contributed by atoms with van der Waals surface area (Å²) in [7, 11) is 1.82. The molecule has 0 bridgehead atoms. The lowest BCUT2D eigenvalue weighted by atomic mass is 10.3. The minimum absolute atomic E-state index is 0.0751. The van der Waals surface area contributed by atoms with Gasteiger partial charge in [-0.15, -0.1) is 10.2 Å². The predicted molar refractivity (Wildman–Crippen MR) is 85.3 cm³/mol. The number of nitrogens with zero attached hydrogens (tertiary/aromatic N) is 4. The summed E-state index contributed by atoms with van der Waals surface area (Å²) in [5, 5.41) is 12.9. The Kier molecular flexibility index (Phi) is 5.77. The van der Waals surface area contributed by atoms with E-state index in [0.717, 1.165) is 16.5 Å². The first-order valence-corrected chi connectivity index (χ1v) is 8.52. The van der Waals surface area contributed by atoms with Crippen LogP contribution in [-0.2, 0) is 17.9 Å². The third kappa shape index (κ3) is 4.29. The van der Waals surface area contributed by atoms with Crippen LogP contribution in [0.1, 0.15) is 11.4 Å². The van der Waals surface area contributed by atoms with Gasteiger partial charge in [-0.05, 0) is 29.3 Å². The minimum atomic E-state index is 0.0751. The molecule has 114 valence electrons. The van der Waals surface area contributed by atoms with Gasteiger partial charge in [0.05, 0.1) is 5.75 Å². The van der Waals surface area contributed by atoms with Crippen LogP contribution in [0.15, 0.2) is 22.0 Å². The van der Waals surface area contributed by atoms with Crippen molar-refractivity contribution in [2.75, 3.05) is 19.3 Å². The zero-order valence-corrected chi connectivity index (χ0v) is 13.8. The highest BCUT2D eigenvalue weighted by Crippen LogP contribution is 2.17.